The predicted octanol–water partition coefficient (Wildman–Crippen LogP) is 23.8. The Balaban J connectivity index is 0.000000477. The summed E-state index contributed by atoms with van der Waals surface area (Å²) in [4.78, 5) is 0. The molecule has 0 aromatic heterocycles. The van der Waals surface area contributed by atoms with E-state index in [1.54, 1.807) is 6.07 Å². The van der Waals surface area contributed by atoms with E-state index in [1.165, 1.54) is 115 Å². The van der Waals surface area contributed by atoms with Gasteiger partial charge in [-0.1, -0.05) is 222 Å². The van der Waals surface area contributed by atoms with E-state index in [2.05, 4.69) is 275 Å². The molecule has 0 nitrogen and oxygen atoms in total. The molecule has 7 aromatic carbocycles. The first-order chi connectivity index (χ1) is 37.1. The standard InChI is InChI=1S/C13H17F3.C13H20.2C12H18.C11H16.C9H12.C8H10/c1-9-5-6-11(7-10(9)2)8-12(3,4)13(14,15)16;1-10-6-7-12(8-11(10)2)9-13(3,4)5;1-9-6-7-11(8-10(9)2)12(3,4)5;1-9(2)7-12-6-5-10(3)11(4)8-12;1-8(2)11-6-5-9(3)10(4)7-11;1-7-4-5-8(2)9(3)6-7;1-7-5-3-4-6-8(7)2/h5-7H,8H2,1-4H3;6-8H,9H2,1-5H3;6-8H,1-5H3;5-6,8-9H,7H2,1-4H3;5-8H,1-4H3;4-6H,1-3H3;3-6H,1-2H3. The van der Waals surface area contributed by atoms with Crippen molar-refractivity contribution in [3.63, 3.8) is 0 Å². The van der Waals surface area contributed by atoms with Crippen LogP contribution in [-0.4, -0.2) is 6.18 Å². The van der Waals surface area contributed by atoms with Crippen molar-refractivity contribution in [3.05, 3.63) is 245 Å². The molecule has 0 unspecified atom stereocenters. The second kappa shape index (κ2) is 33.4. The Morgan fingerprint density at radius 3 is 0.988 bits per heavy atom. The topological polar surface area (TPSA) is 0 Å². The highest BCUT2D eigenvalue weighted by Gasteiger charge is 2.47. The number of halogens is 3. The van der Waals surface area contributed by atoms with Gasteiger partial charge in [0.05, 0.1) is 5.41 Å². The molecule has 0 aliphatic carbocycles. The fraction of sp³-hybridized carbons (Fsp3) is 0.462. The van der Waals surface area contributed by atoms with E-state index < -0.39 is 11.6 Å². The van der Waals surface area contributed by atoms with Gasteiger partial charge in [-0.3, -0.25) is 0 Å². The van der Waals surface area contributed by atoms with Gasteiger partial charge in [0.25, 0.3) is 0 Å². The average Bonchev–Trinajstić information content (AvgIpc) is 3.34. The molecule has 7 aromatic rings. The summed E-state index contributed by atoms with van der Waals surface area (Å²) in [5.41, 5.74) is 25.6. The molecular formula is C78H111F3. The molecule has 0 bridgehead atoms. The van der Waals surface area contributed by atoms with Crippen molar-refractivity contribution in [2.75, 3.05) is 0 Å². The van der Waals surface area contributed by atoms with Gasteiger partial charge in [0.2, 0.25) is 0 Å². The van der Waals surface area contributed by atoms with E-state index in [4.69, 9.17) is 0 Å². The van der Waals surface area contributed by atoms with Crippen molar-refractivity contribution in [1.29, 1.82) is 0 Å². The van der Waals surface area contributed by atoms with E-state index in [0.717, 1.165) is 29.0 Å². The zero-order valence-electron chi connectivity index (χ0n) is 56.1. The Labute approximate surface area is 495 Å². The first kappa shape index (κ1) is 73.3. The van der Waals surface area contributed by atoms with Crippen LogP contribution in [0.25, 0.3) is 0 Å². The normalized spacial score (nSPS) is 11.2. The lowest BCUT2D eigenvalue weighted by Gasteiger charge is -2.27. The van der Waals surface area contributed by atoms with Crippen molar-refractivity contribution >= 4 is 0 Å². The first-order valence-electron chi connectivity index (χ1n) is 29.6. The summed E-state index contributed by atoms with van der Waals surface area (Å²) >= 11 is 0. The molecule has 0 saturated heterocycles. The number of hydrogen-bond donors (Lipinski definition) is 0. The van der Waals surface area contributed by atoms with Crippen LogP contribution in [0.15, 0.2) is 133 Å². The number of benzene rings is 7. The smallest absolute Gasteiger partial charge is 0.171 e. The van der Waals surface area contributed by atoms with Crippen LogP contribution in [-0.2, 0) is 24.7 Å². The Morgan fingerprint density at radius 2 is 0.667 bits per heavy atom. The summed E-state index contributed by atoms with van der Waals surface area (Å²) in [6.07, 6.45) is -1.78. The molecule has 0 amide bonds. The van der Waals surface area contributed by atoms with Gasteiger partial charge in [-0.15, -0.1) is 0 Å². The van der Waals surface area contributed by atoms with Crippen LogP contribution in [0.5, 0.6) is 0 Å². The van der Waals surface area contributed by atoms with E-state index in [0.29, 0.717) is 11.3 Å². The molecule has 0 spiro atoms. The van der Waals surface area contributed by atoms with Crippen molar-refractivity contribution in [3.8, 4) is 0 Å². The van der Waals surface area contributed by atoms with Gasteiger partial charge in [0.15, 0.2) is 0 Å². The fourth-order valence-electron chi connectivity index (χ4n) is 8.34. The number of aryl methyl sites for hydroxylation is 15. The molecule has 0 fully saturated rings. The largest absolute Gasteiger partial charge is 0.394 e. The summed E-state index contributed by atoms with van der Waals surface area (Å²) in [5.74, 6) is 1.40. The van der Waals surface area contributed by atoms with Crippen molar-refractivity contribution in [1.82, 2.24) is 0 Å². The zero-order chi connectivity index (χ0) is 62.4. The zero-order valence-corrected chi connectivity index (χ0v) is 56.1. The van der Waals surface area contributed by atoms with Crippen LogP contribution < -0.4 is 0 Å². The number of alkyl halides is 3. The minimum Gasteiger partial charge on any atom is -0.171 e. The molecule has 0 radical (unpaired) electrons. The van der Waals surface area contributed by atoms with Gasteiger partial charge in [0.1, 0.15) is 0 Å². The Hall–Kier alpha value is -5.67. The quantitative estimate of drug-likeness (QED) is 0.156. The summed E-state index contributed by atoms with van der Waals surface area (Å²) in [6, 6.07) is 47.3. The molecule has 0 atom stereocenters. The molecule has 0 aliphatic heterocycles. The average molecular weight is 1110 g/mol. The summed E-state index contributed by atoms with van der Waals surface area (Å²) in [7, 11) is 0. The summed E-state index contributed by atoms with van der Waals surface area (Å²) in [6.45, 7) is 56.9. The minimum atomic E-state index is -4.16. The highest BCUT2D eigenvalue weighted by molar-refractivity contribution is 5.35. The maximum Gasteiger partial charge on any atom is 0.394 e. The van der Waals surface area contributed by atoms with Gasteiger partial charge in [-0.2, -0.15) is 13.2 Å². The fourth-order valence-corrected chi connectivity index (χ4v) is 8.34. The second-order valence-corrected chi connectivity index (χ2v) is 26.9. The predicted molar refractivity (Wildman–Crippen MR) is 354 cm³/mol. The number of hydrogen-bond acceptors (Lipinski definition) is 0. The Morgan fingerprint density at radius 1 is 0.333 bits per heavy atom. The van der Waals surface area contributed by atoms with Gasteiger partial charge in [-0.25, -0.2) is 0 Å². The van der Waals surface area contributed by atoms with Crippen LogP contribution in [0.3, 0.4) is 0 Å². The van der Waals surface area contributed by atoms with Crippen molar-refractivity contribution < 1.29 is 13.2 Å². The third kappa shape index (κ3) is 28.7. The van der Waals surface area contributed by atoms with Crippen molar-refractivity contribution in [2.45, 2.75) is 224 Å². The van der Waals surface area contributed by atoms with Crippen LogP contribution in [0, 0.1) is 121 Å². The second-order valence-electron chi connectivity index (χ2n) is 26.9. The van der Waals surface area contributed by atoms with Crippen LogP contribution in [0.2, 0.25) is 0 Å². The lowest BCUT2D eigenvalue weighted by molar-refractivity contribution is -0.211. The first-order valence-corrected chi connectivity index (χ1v) is 29.6. The van der Waals surface area contributed by atoms with Gasteiger partial charge in [0, 0.05) is 0 Å². The van der Waals surface area contributed by atoms with E-state index in [-0.39, 0.29) is 11.8 Å². The Bertz CT molecular complexity index is 2950. The molecule has 81 heavy (non-hydrogen) atoms. The van der Waals surface area contributed by atoms with Crippen molar-refractivity contribution in [2.24, 2.45) is 16.7 Å². The van der Waals surface area contributed by atoms with Gasteiger partial charge in [-0.05, 0) is 251 Å². The van der Waals surface area contributed by atoms with Crippen LogP contribution >= 0.6 is 0 Å². The third-order valence-corrected chi connectivity index (χ3v) is 15.2. The highest BCUT2D eigenvalue weighted by Crippen LogP contribution is 2.40. The SMILES string of the molecule is Cc1ccc(C(C)(C)C)cc1C.Cc1ccc(C(C)C)cc1C.Cc1ccc(C)c(C)c1.Cc1ccc(CC(C)(C)C(F)(F)F)cc1C.Cc1ccc(CC(C)(C)C)cc1C.Cc1ccc(CC(C)C)cc1C.Cc1ccccc1C. The molecule has 0 saturated carbocycles. The van der Waals surface area contributed by atoms with Gasteiger partial charge < -0.3 is 0 Å². The Kier molecular flexibility index (Phi) is 30.3. The van der Waals surface area contributed by atoms with Crippen LogP contribution in [0.4, 0.5) is 13.2 Å². The maximum absolute atomic E-state index is 12.7. The molecule has 0 heterocycles. The van der Waals surface area contributed by atoms with E-state index >= 15 is 0 Å². The number of rotatable bonds is 6. The third-order valence-electron chi connectivity index (χ3n) is 15.2. The highest BCUT2D eigenvalue weighted by atomic mass is 19.4. The molecule has 7 rings (SSSR count). The van der Waals surface area contributed by atoms with Crippen LogP contribution in [0.1, 0.15) is 200 Å². The monoisotopic (exact) mass is 1100 g/mol. The van der Waals surface area contributed by atoms with E-state index in [1.807, 2.05) is 26.0 Å². The molecular weight excluding hydrogens is 994 g/mol. The molecule has 3 heteroatoms. The lowest BCUT2D eigenvalue weighted by atomic mass is 9.84. The molecule has 0 aliphatic rings. The minimum absolute atomic E-state index is 0.0254. The molecule has 444 valence electrons. The maximum atomic E-state index is 12.7. The molecule has 0 N–H and O–H groups in total. The van der Waals surface area contributed by atoms with E-state index in [9.17, 15) is 13.2 Å². The summed E-state index contributed by atoms with van der Waals surface area (Å²) in [5, 5.41) is 0. The lowest BCUT2D eigenvalue weighted by Crippen LogP contribution is -2.34. The van der Waals surface area contributed by atoms with Gasteiger partial charge >= 0.3 is 6.18 Å². The summed E-state index contributed by atoms with van der Waals surface area (Å²) < 4.78 is 38.1.